The van der Waals surface area contributed by atoms with Gasteiger partial charge in [0.05, 0.1) is 11.4 Å². The summed E-state index contributed by atoms with van der Waals surface area (Å²) in [4.78, 5) is 4.23. The van der Waals surface area contributed by atoms with Gasteiger partial charge in [0.15, 0.2) is 0 Å². The zero-order chi connectivity index (χ0) is 41.4. The van der Waals surface area contributed by atoms with E-state index in [2.05, 4.69) is 225 Å². The Morgan fingerprint density at radius 2 is 0.730 bits per heavy atom. The maximum absolute atomic E-state index is 4.66. The van der Waals surface area contributed by atoms with E-state index >= 15 is 0 Å². The van der Waals surface area contributed by atoms with Gasteiger partial charge in [0, 0.05) is 59.1 Å². The van der Waals surface area contributed by atoms with Crippen molar-refractivity contribution in [3.05, 3.63) is 200 Å². The molecule has 4 heterocycles. The molecule has 294 valence electrons. The molecule has 0 spiro atoms. The number of aromatic nitrogens is 4. The van der Waals surface area contributed by atoms with Gasteiger partial charge in [-0.1, -0.05) is 127 Å². The Labute approximate surface area is 369 Å². The van der Waals surface area contributed by atoms with E-state index in [9.17, 15) is 0 Å². The third-order valence-corrected chi connectivity index (χ3v) is 14.4. The van der Waals surface area contributed by atoms with Crippen molar-refractivity contribution in [1.82, 2.24) is 20.4 Å². The van der Waals surface area contributed by atoms with Crippen molar-refractivity contribution in [2.75, 3.05) is 4.90 Å². The molecular formula is C56H33N5S2. The Balaban J connectivity index is 0.891. The van der Waals surface area contributed by atoms with Gasteiger partial charge in [-0.3, -0.25) is 0 Å². The number of hydrogen-bond acceptors (Lipinski definition) is 7. The monoisotopic (exact) mass is 839 g/mol. The molecule has 0 aliphatic heterocycles. The minimum atomic E-state index is 0.853. The van der Waals surface area contributed by atoms with Crippen LogP contribution in [-0.4, -0.2) is 20.4 Å². The molecule has 0 aliphatic carbocycles. The number of rotatable bonds is 6. The van der Waals surface area contributed by atoms with Gasteiger partial charge >= 0.3 is 0 Å². The van der Waals surface area contributed by atoms with Gasteiger partial charge < -0.3 is 4.90 Å². The summed E-state index contributed by atoms with van der Waals surface area (Å²) in [5.41, 5.74) is 9.30. The lowest BCUT2D eigenvalue weighted by Crippen LogP contribution is -2.10. The van der Waals surface area contributed by atoms with Gasteiger partial charge in [0.2, 0.25) is 0 Å². The Morgan fingerprint density at radius 3 is 1.33 bits per heavy atom. The van der Waals surface area contributed by atoms with Crippen molar-refractivity contribution in [1.29, 1.82) is 0 Å². The third-order valence-electron chi connectivity index (χ3n) is 12.3. The fourth-order valence-corrected chi connectivity index (χ4v) is 11.1. The van der Waals surface area contributed by atoms with E-state index in [1.54, 1.807) is 22.7 Å². The van der Waals surface area contributed by atoms with Crippen LogP contribution in [0.4, 0.5) is 17.1 Å². The first-order valence-corrected chi connectivity index (χ1v) is 22.6. The lowest BCUT2D eigenvalue weighted by Gasteiger charge is -2.26. The van der Waals surface area contributed by atoms with Crippen LogP contribution >= 0.6 is 22.7 Å². The summed E-state index contributed by atoms with van der Waals surface area (Å²) in [6.45, 7) is 0. The van der Waals surface area contributed by atoms with Crippen molar-refractivity contribution < 1.29 is 0 Å². The molecule has 0 N–H and O–H groups in total. The lowest BCUT2D eigenvalue weighted by molar-refractivity contribution is 1.09. The summed E-state index contributed by atoms with van der Waals surface area (Å²) in [5.74, 6) is 0. The summed E-state index contributed by atoms with van der Waals surface area (Å²) in [6, 6.07) is 72.0. The molecule has 0 unspecified atom stereocenters. The van der Waals surface area contributed by atoms with E-state index in [4.69, 9.17) is 0 Å². The van der Waals surface area contributed by atoms with Crippen molar-refractivity contribution in [2.24, 2.45) is 0 Å². The van der Waals surface area contributed by atoms with Crippen LogP contribution in [0, 0.1) is 0 Å². The van der Waals surface area contributed by atoms with Gasteiger partial charge in [-0.2, -0.15) is 0 Å². The third kappa shape index (κ3) is 6.12. The average Bonchev–Trinajstić information content (AvgIpc) is 3.92. The molecule has 0 fully saturated rings. The number of fused-ring (bicyclic) bond motifs is 10. The molecule has 13 aromatic rings. The molecule has 9 aromatic carbocycles. The highest BCUT2D eigenvalue weighted by atomic mass is 32.1. The highest BCUT2D eigenvalue weighted by Gasteiger charge is 2.17. The van der Waals surface area contributed by atoms with Crippen LogP contribution < -0.4 is 4.90 Å². The van der Waals surface area contributed by atoms with Crippen LogP contribution in [0.25, 0.3) is 107 Å². The molecule has 0 radical (unpaired) electrons. The molecule has 0 saturated carbocycles. The quantitative estimate of drug-likeness (QED) is 0.156. The second-order valence-electron chi connectivity index (χ2n) is 16.0. The van der Waals surface area contributed by atoms with Crippen LogP contribution in [0.1, 0.15) is 0 Å². The zero-order valence-electron chi connectivity index (χ0n) is 33.6. The molecule has 7 heteroatoms. The Hall–Kier alpha value is -7.84. The number of nitrogens with zero attached hydrogens (tertiary/aromatic N) is 5. The molecule has 0 bridgehead atoms. The lowest BCUT2D eigenvalue weighted by atomic mass is 9.96. The van der Waals surface area contributed by atoms with Crippen LogP contribution in [-0.2, 0) is 0 Å². The van der Waals surface area contributed by atoms with Gasteiger partial charge in [-0.15, -0.1) is 43.1 Å². The van der Waals surface area contributed by atoms with Gasteiger partial charge in [0.25, 0.3) is 0 Å². The highest BCUT2D eigenvalue weighted by molar-refractivity contribution is 7.25. The SMILES string of the molecule is c1ccc2cc(-c3ccc4c(ccc5cc(N(c6ccc(-c7cc8c(nn7)sc7ccccc78)cc6)c6ccc(-c7cc8c(nn7)sc7ccccc78)cc6)ccc54)c3)ccc2c1. The second kappa shape index (κ2) is 14.4. The first-order valence-electron chi connectivity index (χ1n) is 20.9. The van der Waals surface area contributed by atoms with Crippen LogP contribution in [0.3, 0.4) is 0 Å². The fraction of sp³-hybridized carbons (Fsp3) is 0. The summed E-state index contributed by atoms with van der Waals surface area (Å²) in [6.07, 6.45) is 0. The molecule has 63 heavy (non-hydrogen) atoms. The standard InChI is InChI=1S/C56H33N5S2/c1-2-8-37-29-38(14-13-34(37)7-1)39-21-27-45-40(30-39)15-16-41-31-44(26-28-46(41)45)61(42-22-17-35(18-23-42)51-32-49-47-9-3-5-11-53(47)62-55(49)59-57-51)43-24-19-36(20-25-43)52-33-50-48-10-4-6-12-54(48)63-56(50)60-58-52/h1-33H. The fourth-order valence-electron chi connectivity index (χ4n) is 9.10. The molecule has 0 aliphatic rings. The molecule has 0 saturated heterocycles. The smallest absolute Gasteiger partial charge is 0.147 e. The van der Waals surface area contributed by atoms with E-state index in [1.165, 1.54) is 63.6 Å². The summed E-state index contributed by atoms with van der Waals surface area (Å²) >= 11 is 3.36. The molecule has 13 rings (SSSR count). The maximum Gasteiger partial charge on any atom is 0.147 e. The summed E-state index contributed by atoms with van der Waals surface area (Å²) in [7, 11) is 0. The van der Waals surface area contributed by atoms with Crippen molar-refractivity contribution >= 4 is 113 Å². The predicted octanol–water partition coefficient (Wildman–Crippen LogP) is 15.9. The van der Waals surface area contributed by atoms with E-state index in [0.29, 0.717) is 0 Å². The molecule has 0 amide bonds. The largest absolute Gasteiger partial charge is 0.310 e. The summed E-state index contributed by atoms with van der Waals surface area (Å²) in [5, 5.41) is 30.7. The summed E-state index contributed by atoms with van der Waals surface area (Å²) < 4.78 is 2.44. The van der Waals surface area contributed by atoms with E-state index in [0.717, 1.165) is 60.0 Å². The van der Waals surface area contributed by atoms with Crippen LogP contribution in [0.5, 0.6) is 0 Å². The molecule has 4 aromatic heterocycles. The van der Waals surface area contributed by atoms with Crippen molar-refractivity contribution in [2.45, 2.75) is 0 Å². The highest BCUT2D eigenvalue weighted by Crippen LogP contribution is 2.41. The predicted molar refractivity (Wildman–Crippen MR) is 267 cm³/mol. The average molecular weight is 840 g/mol. The molecule has 0 atom stereocenters. The van der Waals surface area contributed by atoms with Crippen molar-refractivity contribution in [3.63, 3.8) is 0 Å². The Kier molecular flexibility index (Phi) is 8.19. The minimum Gasteiger partial charge on any atom is -0.310 e. The van der Waals surface area contributed by atoms with E-state index in [-0.39, 0.29) is 0 Å². The number of hydrogen-bond donors (Lipinski definition) is 0. The number of thiophene rings is 2. The topological polar surface area (TPSA) is 54.8 Å². The molecular weight excluding hydrogens is 807 g/mol. The number of benzene rings is 9. The van der Waals surface area contributed by atoms with E-state index in [1.807, 2.05) is 0 Å². The molecule has 5 nitrogen and oxygen atoms in total. The minimum absolute atomic E-state index is 0.853. The van der Waals surface area contributed by atoms with Gasteiger partial charge in [-0.05, 0) is 116 Å². The first-order chi connectivity index (χ1) is 31.2. The normalized spacial score (nSPS) is 11.8. The van der Waals surface area contributed by atoms with Gasteiger partial charge in [0.1, 0.15) is 9.66 Å². The van der Waals surface area contributed by atoms with Gasteiger partial charge in [-0.25, -0.2) is 0 Å². The number of anilines is 3. The first kappa shape index (κ1) is 35.9. The Morgan fingerprint density at radius 1 is 0.286 bits per heavy atom. The van der Waals surface area contributed by atoms with Crippen LogP contribution in [0.2, 0.25) is 0 Å². The van der Waals surface area contributed by atoms with Crippen LogP contribution in [0.15, 0.2) is 200 Å². The maximum atomic E-state index is 4.66. The van der Waals surface area contributed by atoms with E-state index < -0.39 is 0 Å². The zero-order valence-corrected chi connectivity index (χ0v) is 35.2. The Bertz CT molecular complexity index is 3770. The van der Waals surface area contributed by atoms with Crippen molar-refractivity contribution in [3.8, 4) is 33.6 Å². The second-order valence-corrected chi connectivity index (χ2v) is 18.1.